The number of likely N-dealkylation sites (N-methyl/N-ethyl adjacent to an activating group) is 1. The van der Waals surface area contributed by atoms with E-state index in [4.69, 9.17) is 5.73 Å². The van der Waals surface area contributed by atoms with Crippen LogP contribution in [0.5, 0.6) is 0 Å². The van der Waals surface area contributed by atoms with Crippen LogP contribution in [0.25, 0.3) is 0 Å². The van der Waals surface area contributed by atoms with Crippen LogP contribution in [0.1, 0.15) is 0 Å². The lowest BCUT2D eigenvalue weighted by atomic mass is 10.3. The molecule has 0 aliphatic heterocycles. The standard InChI is InChI=1S/C11H15N3O2S.ClH/c1-13-6-11(16)14-8-4-2-3-5-9(8)17-7-10(12)15;/h2-5,13H,6-7H2,1H3,(H2,12,15)(H,14,16);1H. The molecule has 0 aliphatic carbocycles. The van der Waals surface area contributed by atoms with E-state index in [2.05, 4.69) is 10.6 Å². The summed E-state index contributed by atoms with van der Waals surface area (Å²) in [5.41, 5.74) is 5.78. The van der Waals surface area contributed by atoms with Crippen molar-refractivity contribution < 1.29 is 9.59 Å². The Kier molecular flexibility index (Phi) is 8.19. The number of primary amides is 1. The Morgan fingerprint density at radius 3 is 2.61 bits per heavy atom. The first kappa shape index (κ1) is 16.8. The number of nitrogens with two attached hydrogens (primary N) is 1. The average molecular weight is 290 g/mol. The topological polar surface area (TPSA) is 84.2 Å². The molecular formula is C11H16ClN3O2S. The zero-order valence-electron chi connectivity index (χ0n) is 9.93. The summed E-state index contributed by atoms with van der Waals surface area (Å²) in [6.45, 7) is 0.245. The Labute approximate surface area is 116 Å². The summed E-state index contributed by atoms with van der Waals surface area (Å²) in [4.78, 5) is 23.0. The van der Waals surface area contributed by atoms with Gasteiger partial charge in [0.15, 0.2) is 0 Å². The van der Waals surface area contributed by atoms with Crippen molar-refractivity contribution in [3.63, 3.8) is 0 Å². The molecule has 4 N–H and O–H groups in total. The van der Waals surface area contributed by atoms with Crippen LogP contribution in [0.15, 0.2) is 29.2 Å². The van der Waals surface area contributed by atoms with Crippen LogP contribution in [0.2, 0.25) is 0 Å². The van der Waals surface area contributed by atoms with Gasteiger partial charge in [-0.25, -0.2) is 0 Å². The molecule has 0 heterocycles. The molecule has 0 spiro atoms. The molecule has 0 fully saturated rings. The maximum Gasteiger partial charge on any atom is 0.238 e. The van der Waals surface area contributed by atoms with Crippen LogP contribution in [0.4, 0.5) is 5.69 Å². The van der Waals surface area contributed by atoms with E-state index in [1.165, 1.54) is 11.8 Å². The molecule has 2 amide bonds. The van der Waals surface area contributed by atoms with Crippen molar-refractivity contribution in [3.8, 4) is 0 Å². The Hall–Kier alpha value is -1.24. The highest BCUT2D eigenvalue weighted by molar-refractivity contribution is 8.00. The quantitative estimate of drug-likeness (QED) is 0.678. The molecule has 5 nitrogen and oxygen atoms in total. The zero-order chi connectivity index (χ0) is 12.7. The molecule has 100 valence electrons. The van der Waals surface area contributed by atoms with Crippen LogP contribution in [0.3, 0.4) is 0 Å². The molecule has 1 rings (SSSR count). The van der Waals surface area contributed by atoms with E-state index in [1.807, 2.05) is 18.2 Å². The van der Waals surface area contributed by atoms with Gasteiger partial charge in [-0.1, -0.05) is 12.1 Å². The number of amides is 2. The largest absolute Gasteiger partial charge is 0.369 e. The molecule has 0 aromatic heterocycles. The van der Waals surface area contributed by atoms with Crippen molar-refractivity contribution in [2.45, 2.75) is 4.90 Å². The van der Waals surface area contributed by atoms with Crippen molar-refractivity contribution in [1.29, 1.82) is 0 Å². The van der Waals surface area contributed by atoms with Crippen molar-refractivity contribution >= 4 is 41.7 Å². The average Bonchev–Trinajstić information content (AvgIpc) is 2.28. The van der Waals surface area contributed by atoms with E-state index in [-0.39, 0.29) is 36.5 Å². The predicted octanol–water partition coefficient (Wildman–Crippen LogP) is 0.844. The number of anilines is 1. The normalized spacial score (nSPS) is 9.39. The van der Waals surface area contributed by atoms with E-state index < -0.39 is 0 Å². The number of carbonyl (C=O) groups is 2. The SMILES string of the molecule is CNCC(=O)Nc1ccccc1SCC(N)=O.Cl. The summed E-state index contributed by atoms with van der Waals surface area (Å²) in [7, 11) is 1.70. The third kappa shape index (κ3) is 5.90. The second-order valence-corrected chi connectivity index (χ2v) is 4.35. The lowest BCUT2D eigenvalue weighted by molar-refractivity contribution is -0.116. The van der Waals surface area contributed by atoms with E-state index in [0.29, 0.717) is 5.69 Å². The van der Waals surface area contributed by atoms with Crippen LogP contribution in [-0.2, 0) is 9.59 Å². The summed E-state index contributed by atoms with van der Waals surface area (Å²) in [5.74, 6) is -0.315. The molecular weight excluding hydrogens is 274 g/mol. The van der Waals surface area contributed by atoms with Crippen LogP contribution in [-0.4, -0.2) is 31.2 Å². The minimum atomic E-state index is -0.383. The highest BCUT2D eigenvalue weighted by Crippen LogP contribution is 2.26. The van der Waals surface area contributed by atoms with Gasteiger partial charge in [-0.2, -0.15) is 0 Å². The minimum absolute atomic E-state index is 0. The van der Waals surface area contributed by atoms with Gasteiger partial charge < -0.3 is 16.4 Å². The Bertz CT molecular complexity index is 415. The number of nitrogens with one attached hydrogen (secondary N) is 2. The lowest BCUT2D eigenvalue weighted by Crippen LogP contribution is -2.25. The van der Waals surface area contributed by atoms with Gasteiger partial charge in [0.05, 0.1) is 18.0 Å². The molecule has 1 aromatic rings. The number of hydrogen-bond acceptors (Lipinski definition) is 4. The van der Waals surface area contributed by atoms with Gasteiger partial charge in [-0.15, -0.1) is 24.2 Å². The smallest absolute Gasteiger partial charge is 0.238 e. The second kappa shape index (κ2) is 8.79. The van der Waals surface area contributed by atoms with E-state index in [9.17, 15) is 9.59 Å². The molecule has 0 saturated carbocycles. The Morgan fingerprint density at radius 2 is 2.00 bits per heavy atom. The van der Waals surface area contributed by atoms with Gasteiger partial charge in [0.2, 0.25) is 11.8 Å². The lowest BCUT2D eigenvalue weighted by Gasteiger charge is -2.09. The highest BCUT2D eigenvalue weighted by atomic mass is 35.5. The molecule has 0 aliphatic rings. The van der Waals surface area contributed by atoms with Crippen molar-refractivity contribution in [2.75, 3.05) is 24.7 Å². The third-order valence-corrected chi connectivity index (χ3v) is 2.96. The molecule has 0 saturated heterocycles. The van der Waals surface area contributed by atoms with E-state index in [0.717, 1.165) is 4.90 Å². The highest BCUT2D eigenvalue weighted by Gasteiger charge is 2.07. The third-order valence-electron chi connectivity index (χ3n) is 1.87. The van der Waals surface area contributed by atoms with Gasteiger partial charge >= 0.3 is 0 Å². The monoisotopic (exact) mass is 289 g/mol. The fourth-order valence-corrected chi connectivity index (χ4v) is 1.95. The molecule has 0 unspecified atom stereocenters. The zero-order valence-corrected chi connectivity index (χ0v) is 11.6. The number of rotatable bonds is 6. The number of halogens is 1. The fraction of sp³-hybridized carbons (Fsp3) is 0.273. The first-order chi connectivity index (χ1) is 8.13. The Balaban J connectivity index is 0.00000289. The summed E-state index contributed by atoms with van der Waals surface area (Å²) in [5, 5.41) is 5.53. The second-order valence-electron chi connectivity index (χ2n) is 3.33. The number of thioether (sulfide) groups is 1. The van der Waals surface area contributed by atoms with Crippen molar-refractivity contribution in [1.82, 2.24) is 5.32 Å². The van der Waals surface area contributed by atoms with Crippen LogP contribution in [0, 0.1) is 0 Å². The number of para-hydroxylation sites is 1. The van der Waals surface area contributed by atoms with E-state index >= 15 is 0 Å². The molecule has 0 bridgehead atoms. The van der Waals surface area contributed by atoms with Crippen LogP contribution >= 0.6 is 24.2 Å². The molecule has 18 heavy (non-hydrogen) atoms. The number of benzene rings is 1. The molecule has 7 heteroatoms. The summed E-state index contributed by atoms with van der Waals surface area (Å²) < 4.78 is 0. The molecule has 1 aromatic carbocycles. The fourth-order valence-electron chi connectivity index (χ4n) is 1.20. The maximum absolute atomic E-state index is 11.4. The van der Waals surface area contributed by atoms with Crippen molar-refractivity contribution in [2.24, 2.45) is 5.73 Å². The first-order valence-corrected chi connectivity index (χ1v) is 6.06. The Morgan fingerprint density at radius 1 is 1.33 bits per heavy atom. The van der Waals surface area contributed by atoms with Gasteiger partial charge in [0.25, 0.3) is 0 Å². The summed E-state index contributed by atoms with van der Waals surface area (Å²) in [6, 6.07) is 7.29. The molecule has 0 atom stereocenters. The summed E-state index contributed by atoms with van der Waals surface area (Å²) in [6.07, 6.45) is 0. The number of hydrogen-bond donors (Lipinski definition) is 3. The van der Waals surface area contributed by atoms with E-state index in [1.54, 1.807) is 13.1 Å². The van der Waals surface area contributed by atoms with Gasteiger partial charge in [-0.05, 0) is 19.2 Å². The first-order valence-electron chi connectivity index (χ1n) is 5.08. The minimum Gasteiger partial charge on any atom is -0.369 e. The van der Waals surface area contributed by atoms with Gasteiger partial charge in [-0.3, -0.25) is 9.59 Å². The van der Waals surface area contributed by atoms with Crippen molar-refractivity contribution in [3.05, 3.63) is 24.3 Å². The summed E-state index contributed by atoms with van der Waals surface area (Å²) >= 11 is 1.31. The van der Waals surface area contributed by atoms with Gasteiger partial charge in [0.1, 0.15) is 0 Å². The van der Waals surface area contributed by atoms with Gasteiger partial charge in [0, 0.05) is 4.90 Å². The molecule has 0 radical (unpaired) electrons. The predicted molar refractivity (Wildman–Crippen MR) is 76.2 cm³/mol. The number of carbonyl (C=O) groups excluding carboxylic acids is 2. The van der Waals surface area contributed by atoms with Crippen LogP contribution < -0.4 is 16.4 Å². The maximum atomic E-state index is 11.4.